The minimum atomic E-state index is 0.0653. The number of pyridine rings is 1. The molecule has 5 aromatic rings. The fraction of sp³-hybridized carbons (Fsp3) is 0.167. The second-order valence-electron chi connectivity index (χ2n) is 10.1. The quantitative estimate of drug-likeness (QED) is 0.306. The molecule has 0 atom stereocenters. The molecule has 0 unspecified atom stereocenters. The van der Waals surface area contributed by atoms with E-state index in [2.05, 4.69) is 72.1 Å². The van der Waals surface area contributed by atoms with E-state index in [0.717, 1.165) is 34.0 Å². The Labute approximate surface area is 211 Å². The first-order valence-electron chi connectivity index (χ1n) is 12.1. The zero-order valence-electron chi connectivity index (χ0n) is 20.9. The van der Waals surface area contributed by atoms with Crippen molar-refractivity contribution in [1.82, 2.24) is 20.1 Å². The molecule has 3 aromatic carbocycles. The van der Waals surface area contributed by atoms with Crippen LogP contribution < -0.4 is 15.2 Å². The van der Waals surface area contributed by atoms with Gasteiger partial charge in [0.05, 0.1) is 16.7 Å². The molecule has 0 saturated carbocycles. The second-order valence-corrected chi connectivity index (χ2v) is 10.1. The molecule has 0 saturated heterocycles. The minimum Gasteiger partial charge on any atom is -0.457 e. The number of anilines is 1. The van der Waals surface area contributed by atoms with Gasteiger partial charge < -0.3 is 10.2 Å². The van der Waals surface area contributed by atoms with E-state index in [0.29, 0.717) is 0 Å². The number of aromatic nitrogens is 2. The van der Waals surface area contributed by atoms with Gasteiger partial charge in [0.2, 0.25) is 0 Å². The van der Waals surface area contributed by atoms with Crippen LogP contribution in [0.4, 0.5) is 5.69 Å². The van der Waals surface area contributed by atoms with Crippen LogP contribution in [0.15, 0.2) is 97.5 Å². The van der Waals surface area contributed by atoms with Crippen molar-refractivity contribution in [2.75, 3.05) is 12.1 Å². The van der Waals surface area contributed by atoms with Gasteiger partial charge in [-0.15, -0.1) is 5.12 Å². The number of benzene rings is 3. The first-order chi connectivity index (χ1) is 17.4. The zero-order chi connectivity index (χ0) is 24.9. The van der Waals surface area contributed by atoms with Gasteiger partial charge in [0.1, 0.15) is 17.3 Å². The molecule has 180 valence electrons. The topological polar surface area (TPSA) is 45.6 Å². The molecular weight excluding hydrogens is 446 g/mol. The Kier molecular flexibility index (Phi) is 5.20. The normalized spacial score (nSPS) is 14.1. The molecule has 0 radical (unpaired) electrons. The maximum atomic E-state index is 6.36. The fourth-order valence-electron chi connectivity index (χ4n) is 4.72. The molecule has 2 aromatic heterocycles. The number of nitrogens with one attached hydrogen (secondary N) is 1. The van der Waals surface area contributed by atoms with E-state index in [-0.39, 0.29) is 5.41 Å². The van der Waals surface area contributed by atoms with Crippen molar-refractivity contribution in [2.24, 2.45) is 0 Å². The molecule has 0 spiro atoms. The molecule has 0 fully saturated rings. The molecule has 0 amide bonds. The van der Waals surface area contributed by atoms with Gasteiger partial charge in [0.25, 0.3) is 0 Å². The number of ether oxygens (including phenoxy) is 1. The fourth-order valence-corrected chi connectivity index (χ4v) is 4.72. The summed E-state index contributed by atoms with van der Waals surface area (Å²) in [5.41, 5.74) is 7.71. The van der Waals surface area contributed by atoms with Gasteiger partial charge in [0.15, 0.2) is 0 Å². The summed E-state index contributed by atoms with van der Waals surface area (Å²) in [4.78, 5) is 4.67. The lowest BCUT2D eigenvalue weighted by atomic mass is 9.86. The van der Waals surface area contributed by atoms with Gasteiger partial charge in [-0.3, -0.25) is 9.58 Å². The molecule has 1 N–H and O–H groups in total. The van der Waals surface area contributed by atoms with Gasteiger partial charge in [-0.2, -0.15) is 0 Å². The predicted octanol–water partition coefficient (Wildman–Crippen LogP) is 6.91. The number of hydrogen-bond donors (Lipinski definition) is 1. The van der Waals surface area contributed by atoms with Crippen molar-refractivity contribution < 1.29 is 4.74 Å². The summed E-state index contributed by atoms with van der Waals surface area (Å²) in [6.45, 7) is 6.74. The van der Waals surface area contributed by atoms with E-state index in [1.807, 2.05) is 78.2 Å². The predicted molar refractivity (Wildman–Crippen MR) is 146 cm³/mol. The Hall–Kier alpha value is -4.29. The molecular formula is C30H29N5O. The standard InChI is InChI=1S/C30H29N5O/c1-30(2,3)21-11-14-27-26(18-21)25-13-12-24(20-28(25)35(27)29-10-5-6-15-31-29)36-23-9-7-8-22(19-23)34-17-16-32-33(34)4/h5-20,32H,1-4H3. The zero-order valence-corrected chi connectivity index (χ0v) is 20.9. The van der Waals surface area contributed by atoms with Crippen molar-refractivity contribution in [1.29, 1.82) is 0 Å². The molecule has 1 aliphatic heterocycles. The van der Waals surface area contributed by atoms with Gasteiger partial charge in [-0.25, -0.2) is 4.98 Å². The van der Waals surface area contributed by atoms with Gasteiger partial charge in [-0.1, -0.05) is 39.0 Å². The number of rotatable bonds is 4. The minimum absolute atomic E-state index is 0.0653. The van der Waals surface area contributed by atoms with Crippen LogP contribution in [0.2, 0.25) is 0 Å². The summed E-state index contributed by atoms with van der Waals surface area (Å²) in [5, 5.41) is 6.31. The Balaban J connectivity index is 1.47. The Morgan fingerprint density at radius 3 is 2.42 bits per heavy atom. The van der Waals surface area contributed by atoms with Crippen LogP contribution in [0.25, 0.3) is 27.6 Å². The Morgan fingerprint density at radius 2 is 1.67 bits per heavy atom. The summed E-state index contributed by atoms with van der Waals surface area (Å²) >= 11 is 0. The summed E-state index contributed by atoms with van der Waals surface area (Å²) in [6.07, 6.45) is 5.70. The molecule has 0 bridgehead atoms. The lowest BCUT2D eigenvalue weighted by Crippen LogP contribution is -2.37. The number of hydrazine groups is 2. The van der Waals surface area contributed by atoms with Crippen molar-refractivity contribution in [2.45, 2.75) is 26.2 Å². The molecule has 6 nitrogen and oxygen atoms in total. The van der Waals surface area contributed by atoms with Crippen molar-refractivity contribution in [3.05, 3.63) is 103 Å². The van der Waals surface area contributed by atoms with Crippen LogP contribution in [0.5, 0.6) is 11.5 Å². The van der Waals surface area contributed by atoms with Crippen molar-refractivity contribution in [3.63, 3.8) is 0 Å². The monoisotopic (exact) mass is 475 g/mol. The summed E-state index contributed by atoms with van der Waals surface area (Å²) in [7, 11) is 1.96. The molecule has 3 heterocycles. The third-order valence-electron chi connectivity index (χ3n) is 6.60. The number of fused-ring (bicyclic) bond motifs is 3. The van der Waals surface area contributed by atoms with Crippen LogP contribution >= 0.6 is 0 Å². The first kappa shape index (κ1) is 22.2. The van der Waals surface area contributed by atoms with Gasteiger partial charge in [0, 0.05) is 48.5 Å². The first-order valence-corrected chi connectivity index (χ1v) is 12.1. The third-order valence-corrected chi connectivity index (χ3v) is 6.60. The third kappa shape index (κ3) is 3.85. The van der Waals surface area contributed by atoms with E-state index in [9.17, 15) is 0 Å². The van der Waals surface area contributed by atoms with Gasteiger partial charge >= 0.3 is 0 Å². The average molecular weight is 476 g/mol. The van der Waals surface area contributed by atoms with Gasteiger partial charge in [-0.05, 0) is 59.5 Å². The van der Waals surface area contributed by atoms with Crippen LogP contribution in [-0.2, 0) is 5.41 Å². The summed E-state index contributed by atoms with van der Waals surface area (Å²) in [5.74, 6) is 2.44. The Bertz CT molecular complexity index is 1600. The van der Waals surface area contributed by atoms with Crippen LogP contribution in [0, 0.1) is 0 Å². The smallest absolute Gasteiger partial charge is 0.137 e. The van der Waals surface area contributed by atoms with E-state index in [1.54, 1.807) is 0 Å². The highest BCUT2D eigenvalue weighted by Gasteiger charge is 2.19. The molecule has 0 aliphatic carbocycles. The van der Waals surface area contributed by atoms with E-state index in [4.69, 9.17) is 4.74 Å². The maximum Gasteiger partial charge on any atom is 0.137 e. The molecule has 1 aliphatic rings. The van der Waals surface area contributed by atoms with Crippen molar-refractivity contribution in [3.8, 4) is 17.3 Å². The van der Waals surface area contributed by atoms with E-state index >= 15 is 0 Å². The van der Waals surface area contributed by atoms with Crippen LogP contribution in [0.3, 0.4) is 0 Å². The van der Waals surface area contributed by atoms with Crippen LogP contribution in [-0.4, -0.2) is 21.7 Å². The van der Waals surface area contributed by atoms with E-state index in [1.165, 1.54) is 16.3 Å². The number of nitrogens with zero attached hydrogens (tertiary/aromatic N) is 4. The highest BCUT2D eigenvalue weighted by Crippen LogP contribution is 2.37. The average Bonchev–Trinajstić information content (AvgIpc) is 3.44. The maximum absolute atomic E-state index is 6.36. The SMILES string of the molecule is CN1NC=CN1c1cccc(Oc2ccc3c4cc(C(C)(C)C)ccc4n(-c4ccccn4)c3c2)c1. The van der Waals surface area contributed by atoms with E-state index < -0.39 is 0 Å². The summed E-state index contributed by atoms with van der Waals surface area (Å²) < 4.78 is 8.58. The van der Waals surface area contributed by atoms with Crippen LogP contribution in [0.1, 0.15) is 26.3 Å². The second kappa shape index (κ2) is 8.43. The lowest BCUT2D eigenvalue weighted by Gasteiger charge is -2.24. The highest BCUT2D eigenvalue weighted by atomic mass is 16.5. The lowest BCUT2D eigenvalue weighted by molar-refractivity contribution is 0.302. The molecule has 36 heavy (non-hydrogen) atoms. The molecule has 6 heteroatoms. The Morgan fingerprint density at radius 1 is 0.806 bits per heavy atom. The largest absolute Gasteiger partial charge is 0.457 e. The van der Waals surface area contributed by atoms with Crippen molar-refractivity contribution >= 4 is 27.5 Å². The summed E-state index contributed by atoms with van der Waals surface area (Å²) in [6, 6.07) is 27.1. The number of hydrogen-bond acceptors (Lipinski definition) is 5. The molecule has 6 rings (SSSR count). The highest BCUT2D eigenvalue weighted by molar-refractivity contribution is 6.09.